The zero-order valence-corrected chi connectivity index (χ0v) is 43.0. The smallest absolute Gasteiger partial charge is 0.475 e. The van der Waals surface area contributed by atoms with Gasteiger partial charge in [-0.3, -0.25) is 29.3 Å². The van der Waals surface area contributed by atoms with Gasteiger partial charge in [0, 0.05) is 56.8 Å². The summed E-state index contributed by atoms with van der Waals surface area (Å²) in [5.74, 6) is -3.37. The number of methoxy groups -OCH3 is 1. The normalized spacial score (nSPS) is 29.3. The number of allylic oxidation sites excluding steroid dienone is 3. The Hall–Kier alpha value is -4.03. The summed E-state index contributed by atoms with van der Waals surface area (Å²) in [6.07, 6.45) is 0.178. The molecule has 4 bridgehead atoms. The van der Waals surface area contributed by atoms with Crippen LogP contribution < -0.4 is 20.3 Å². The first-order valence-electron chi connectivity index (χ1n) is 23.1. The van der Waals surface area contributed by atoms with E-state index in [0.717, 1.165) is 11.1 Å². The largest absolute Gasteiger partial charge is 0.495 e. The molecule has 5 rings (SSSR count). The van der Waals surface area contributed by atoms with Gasteiger partial charge in [-0.15, -0.1) is 0 Å². The van der Waals surface area contributed by atoms with Gasteiger partial charge in [0.1, 0.15) is 47.3 Å². The highest BCUT2D eigenvalue weighted by molar-refractivity contribution is 8.76. The molecule has 0 aliphatic carbocycles. The van der Waals surface area contributed by atoms with E-state index >= 15 is 0 Å². The molecule has 4 aliphatic rings. The molecule has 4 aliphatic heterocycles. The number of esters is 1. The molecule has 4 heterocycles. The second-order valence-corrected chi connectivity index (χ2v) is 22.0. The van der Waals surface area contributed by atoms with Crippen LogP contribution in [0.15, 0.2) is 35.9 Å². The highest BCUT2D eigenvalue weighted by Crippen LogP contribution is 2.49. The van der Waals surface area contributed by atoms with Crippen LogP contribution in [0.2, 0.25) is 5.02 Å². The number of likely N-dealkylation sites (N-methyl/N-ethyl adjacent to an activating group) is 1. The predicted octanol–water partition coefficient (Wildman–Crippen LogP) is 3.02. The summed E-state index contributed by atoms with van der Waals surface area (Å²) in [4.78, 5) is 84.4. The number of amides is 5. The van der Waals surface area contributed by atoms with Gasteiger partial charge in [-0.25, -0.2) is 4.79 Å². The average molecular weight is 1020 g/mol. The van der Waals surface area contributed by atoms with E-state index in [2.05, 4.69) is 10.6 Å². The third-order valence-electron chi connectivity index (χ3n) is 13.2. The highest BCUT2D eigenvalue weighted by atomic mass is 35.5. The average Bonchev–Trinajstić information content (AvgIpc) is 3.72. The number of ether oxygens (including phenoxy) is 4. The van der Waals surface area contributed by atoms with E-state index in [9.17, 15) is 49.0 Å². The lowest BCUT2D eigenvalue weighted by molar-refractivity contribution is -0.157. The van der Waals surface area contributed by atoms with Crippen LogP contribution in [0.25, 0.3) is 0 Å². The molecule has 0 radical (unpaired) electrons. The maximum Gasteiger partial charge on any atom is 0.475 e. The van der Waals surface area contributed by atoms with Crippen molar-refractivity contribution in [3.63, 3.8) is 0 Å². The first-order valence-corrected chi connectivity index (χ1v) is 26.0. The number of halogens is 1. The molecule has 0 spiro atoms. The minimum absolute atomic E-state index is 0.0528. The van der Waals surface area contributed by atoms with Crippen LogP contribution >= 0.6 is 33.2 Å². The van der Waals surface area contributed by atoms with E-state index in [1.165, 1.54) is 63.6 Å². The van der Waals surface area contributed by atoms with E-state index in [-0.39, 0.29) is 47.9 Å². The summed E-state index contributed by atoms with van der Waals surface area (Å²) >= 11 is 6.76. The number of nitrogens with one attached hydrogen (secondary N) is 2. The van der Waals surface area contributed by atoms with E-state index in [1.807, 2.05) is 20.8 Å². The maximum absolute atomic E-state index is 14.2. The number of hydrogen-bond donors (Lipinski definition) is 6. The minimum atomic E-state index is -2.10. The Labute approximate surface area is 416 Å². The van der Waals surface area contributed by atoms with Crippen LogP contribution in [0.3, 0.4) is 0 Å². The fourth-order valence-electron chi connectivity index (χ4n) is 8.79. The Morgan fingerprint density at radius 3 is 2.54 bits per heavy atom. The van der Waals surface area contributed by atoms with E-state index in [0.29, 0.717) is 48.7 Å². The Balaban J connectivity index is 1.22. The Morgan fingerprint density at radius 2 is 1.87 bits per heavy atom. The molecule has 3 unspecified atom stereocenters. The van der Waals surface area contributed by atoms with Crippen molar-refractivity contribution >= 4 is 81.7 Å². The molecule has 382 valence electrons. The lowest BCUT2D eigenvalue weighted by Crippen LogP contribution is -2.63. The Kier molecular flexibility index (Phi) is 19.4. The molecular formula is C46H67BClN5O14S2. The van der Waals surface area contributed by atoms with Crippen LogP contribution in [0.4, 0.5) is 10.5 Å². The molecule has 6 N–H and O–H groups in total. The quantitative estimate of drug-likeness (QED) is 0.0485. The van der Waals surface area contributed by atoms with Crippen molar-refractivity contribution in [2.24, 2.45) is 17.8 Å². The number of nitrogens with zero attached hydrogens (tertiary/aromatic N) is 3. The number of hydrogen-bond acceptors (Lipinski definition) is 16. The van der Waals surface area contributed by atoms with Crippen molar-refractivity contribution in [1.29, 1.82) is 0 Å². The van der Waals surface area contributed by atoms with Gasteiger partial charge in [-0.2, -0.15) is 0 Å². The molecule has 3 fully saturated rings. The summed E-state index contributed by atoms with van der Waals surface area (Å²) in [7, 11) is 5.53. The highest BCUT2D eigenvalue weighted by Gasteiger charge is 2.64. The number of aliphatic hydroxyl groups is 2. The van der Waals surface area contributed by atoms with Crippen LogP contribution in [0.1, 0.15) is 79.2 Å². The predicted molar refractivity (Wildman–Crippen MR) is 262 cm³/mol. The van der Waals surface area contributed by atoms with Crippen molar-refractivity contribution in [1.82, 2.24) is 20.4 Å². The van der Waals surface area contributed by atoms with Gasteiger partial charge in [-0.05, 0) is 56.7 Å². The number of epoxide rings is 1. The number of likely N-dealkylation sites (tertiary alicyclic amines) is 1. The first kappa shape index (κ1) is 55.9. The molecule has 0 aromatic heterocycles. The number of aliphatic hydroxyl groups excluding tert-OH is 1. The molecule has 19 nitrogen and oxygen atoms in total. The third kappa shape index (κ3) is 13.9. The zero-order chi connectivity index (χ0) is 51.1. The minimum Gasteiger partial charge on any atom is -0.495 e. The van der Waals surface area contributed by atoms with Crippen molar-refractivity contribution in [2.75, 3.05) is 50.7 Å². The molecule has 23 heteroatoms. The molecule has 69 heavy (non-hydrogen) atoms. The monoisotopic (exact) mass is 1020 g/mol. The van der Waals surface area contributed by atoms with E-state index in [1.54, 1.807) is 45.1 Å². The van der Waals surface area contributed by atoms with Crippen molar-refractivity contribution in [3.05, 3.63) is 46.5 Å². The van der Waals surface area contributed by atoms with Crippen LogP contribution in [-0.2, 0) is 44.6 Å². The second-order valence-electron chi connectivity index (χ2n) is 19.0. The van der Waals surface area contributed by atoms with Crippen LogP contribution in [-0.4, -0.2) is 166 Å². The van der Waals surface area contributed by atoms with Gasteiger partial charge in [0.25, 0.3) is 0 Å². The first-order chi connectivity index (χ1) is 32.4. The Bertz CT molecular complexity index is 2140. The zero-order valence-electron chi connectivity index (χ0n) is 40.6. The Morgan fingerprint density at radius 1 is 1.16 bits per heavy atom. The molecule has 3 saturated heterocycles. The second kappa shape index (κ2) is 23.9. The van der Waals surface area contributed by atoms with Crippen molar-refractivity contribution in [3.8, 4) is 5.75 Å². The summed E-state index contributed by atoms with van der Waals surface area (Å²) in [5.41, 5.74) is -1.49. The summed E-state index contributed by atoms with van der Waals surface area (Å²) in [6.45, 7) is 10.5. The fraction of sp³-hybridized carbons (Fsp3) is 0.652. The summed E-state index contributed by atoms with van der Waals surface area (Å²) in [6, 6.07) is 2.65. The van der Waals surface area contributed by atoms with Gasteiger partial charge < -0.3 is 59.2 Å². The number of benzene rings is 1. The van der Waals surface area contributed by atoms with Gasteiger partial charge in [-0.1, -0.05) is 84.7 Å². The molecular weight excluding hydrogens is 957 g/mol. The van der Waals surface area contributed by atoms with Crippen molar-refractivity contribution < 1.29 is 68.0 Å². The SMILES string of the molecule is COc1cc2cc(c1Cl)N(C)C(=O)C[C@@H](OC(=O)CN(C)C(=O)CCSSCC(C)C(=O)NC(C(=O)N1CCC[C@@H]1B(O)O)C(C)C)[C@]1(C)O[C@H]1[C@@H](C)C1C[C@](O)(NC(=O)O1)[C@@H](O)/C=C/C=C(\C)C2. The molecule has 5 amide bonds. The van der Waals surface area contributed by atoms with Crippen LogP contribution in [0.5, 0.6) is 5.75 Å². The number of anilines is 1. The maximum atomic E-state index is 14.2. The topological polar surface area (TPSA) is 257 Å². The lowest BCUT2D eigenvalue weighted by atomic mass is 9.77. The number of carbonyl (C=O) groups is 6. The van der Waals surface area contributed by atoms with Crippen LogP contribution in [0, 0.1) is 17.8 Å². The number of carbonyl (C=O) groups excluding carboxylic acids is 6. The molecule has 10 atom stereocenters. The van der Waals surface area contributed by atoms with Gasteiger partial charge >= 0.3 is 19.2 Å². The van der Waals surface area contributed by atoms with E-state index in [4.69, 9.17) is 30.5 Å². The fourth-order valence-corrected chi connectivity index (χ4v) is 11.4. The third-order valence-corrected chi connectivity index (χ3v) is 16.2. The van der Waals surface area contributed by atoms with Gasteiger partial charge in [0.2, 0.25) is 23.6 Å². The number of fused-ring (bicyclic) bond motifs is 5. The summed E-state index contributed by atoms with van der Waals surface area (Å²) in [5, 5.41) is 47.4. The van der Waals surface area contributed by atoms with Gasteiger partial charge in [0.05, 0.1) is 31.3 Å². The van der Waals surface area contributed by atoms with Crippen molar-refractivity contribution in [2.45, 2.75) is 128 Å². The lowest BCUT2D eigenvalue weighted by Gasteiger charge is -2.41. The standard InChI is InChI=1S/C46H67BClN5O14S2/c1-25(2)40(43(59)53-16-11-14-35(53)47(62)63)49-42(58)27(4)24-69-68-17-15-36(55)51(7)23-38(57)66-34-21-37(56)52(8)30-19-29(20-31(64-9)39(30)48)18-26(3)12-10-13-33(54)46(61)22-32(65-44(60)50-46)28(5)41-45(34,6)67-41/h10,12-13,19-20,25,27-28,32-35,40-41,54,61-63H,11,14-18,21-24H2,1-9H3,(H,49,58)(H,50,60)/b13-10+,26-12+/t27?,28-,32?,33-,34+,35+,40?,41-,45-,46+/m0/s1. The summed E-state index contributed by atoms with van der Waals surface area (Å²) < 4.78 is 23.4. The van der Waals surface area contributed by atoms with E-state index < -0.39 is 91.2 Å². The van der Waals surface area contributed by atoms with Gasteiger partial charge in [0.15, 0.2) is 5.72 Å². The molecule has 1 aromatic carbocycles. The number of rotatable bonds is 15. The number of alkyl carbamates (subject to hydrolysis) is 1. The molecule has 1 aromatic rings. The molecule has 0 saturated carbocycles.